The molecule has 3 saturated carbocycles. The van der Waals surface area contributed by atoms with E-state index in [0.717, 1.165) is 67.2 Å². The number of carbonyl (C=O) groups excluding carboxylic acids is 2. The maximum absolute atomic E-state index is 13.9. The van der Waals surface area contributed by atoms with Crippen LogP contribution in [0.1, 0.15) is 57.4 Å². The summed E-state index contributed by atoms with van der Waals surface area (Å²) >= 11 is 6.05. The SMILES string of the molecule is CC1CC2CC(C(N)CNC(=O)C3(c4ccc(Cl)cc4)CC3)CC(C(=O)Nc3ccnc4[nH]ccc34)(C1)C2. The third-order valence-corrected chi connectivity index (χ3v) is 9.57. The van der Waals surface area contributed by atoms with Gasteiger partial charge in [-0.2, -0.15) is 0 Å². The van der Waals surface area contributed by atoms with Crippen molar-refractivity contribution in [3.63, 3.8) is 0 Å². The van der Waals surface area contributed by atoms with Crippen molar-refractivity contribution in [2.24, 2.45) is 28.9 Å². The summed E-state index contributed by atoms with van der Waals surface area (Å²) in [6.45, 7) is 2.68. The highest BCUT2D eigenvalue weighted by Crippen LogP contribution is 2.54. The first-order chi connectivity index (χ1) is 18.3. The number of rotatable bonds is 7. The molecule has 38 heavy (non-hydrogen) atoms. The molecule has 0 radical (unpaired) electrons. The number of benzene rings is 1. The molecule has 3 aliphatic carbocycles. The van der Waals surface area contributed by atoms with Crippen molar-refractivity contribution in [1.29, 1.82) is 0 Å². The number of nitrogens with one attached hydrogen (secondary N) is 3. The highest BCUT2D eigenvalue weighted by atomic mass is 35.5. The van der Waals surface area contributed by atoms with Gasteiger partial charge in [0, 0.05) is 35.4 Å². The molecule has 6 rings (SSSR count). The number of anilines is 1. The Hall–Kier alpha value is -2.90. The molecule has 3 aromatic rings. The Bertz CT molecular complexity index is 1350. The van der Waals surface area contributed by atoms with Gasteiger partial charge in [-0.1, -0.05) is 30.7 Å². The van der Waals surface area contributed by atoms with Crippen LogP contribution in [0.2, 0.25) is 5.02 Å². The second kappa shape index (κ2) is 9.69. The lowest BCUT2D eigenvalue weighted by Crippen LogP contribution is -2.53. The van der Waals surface area contributed by atoms with E-state index in [9.17, 15) is 9.59 Å². The fourth-order valence-corrected chi connectivity index (χ4v) is 7.54. The minimum Gasteiger partial charge on any atom is -0.354 e. The van der Waals surface area contributed by atoms with E-state index in [0.29, 0.717) is 23.4 Å². The van der Waals surface area contributed by atoms with Crippen LogP contribution < -0.4 is 16.4 Å². The summed E-state index contributed by atoms with van der Waals surface area (Å²) in [6, 6.07) is 11.2. The van der Waals surface area contributed by atoms with Crippen molar-refractivity contribution < 1.29 is 9.59 Å². The van der Waals surface area contributed by atoms with Crippen molar-refractivity contribution in [3.8, 4) is 0 Å². The van der Waals surface area contributed by atoms with Crippen molar-refractivity contribution in [2.45, 2.75) is 63.3 Å². The Balaban J connectivity index is 1.14. The number of hydrogen-bond donors (Lipinski definition) is 4. The molecule has 1 aromatic carbocycles. The molecule has 7 nitrogen and oxygen atoms in total. The number of pyridine rings is 1. The van der Waals surface area contributed by atoms with Crippen LogP contribution in [0.15, 0.2) is 48.8 Å². The van der Waals surface area contributed by atoms with Crippen LogP contribution in [-0.4, -0.2) is 34.4 Å². The van der Waals surface area contributed by atoms with Crippen molar-refractivity contribution in [3.05, 3.63) is 59.4 Å². The minimum atomic E-state index is -0.460. The summed E-state index contributed by atoms with van der Waals surface area (Å²) in [5.74, 6) is 1.28. The van der Waals surface area contributed by atoms with Gasteiger partial charge in [-0.3, -0.25) is 9.59 Å². The summed E-state index contributed by atoms with van der Waals surface area (Å²) in [4.78, 5) is 34.6. The first kappa shape index (κ1) is 25.4. The molecule has 3 fully saturated rings. The van der Waals surface area contributed by atoms with Gasteiger partial charge in [0.15, 0.2) is 0 Å². The van der Waals surface area contributed by atoms with Crippen LogP contribution in [0.25, 0.3) is 11.0 Å². The number of hydrogen-bond acceptors (Lipinski definition) is 4. The third kappa shape index (κ3) is 4.60. The van der Waals surface area contributed by atoms with E-state index in [1.54, 1.807) is 6.20 Å². The monoisotopic (exact) mass is 533 g/mol. The van der Waals surface area contributed by atoms with Gasteiger partial charge >= 0.3 is 0 Å². The number of aromatic nitrogens is 2. The molecule has 5 atom stereocenters. The van der Waals surface area contributed by atoms with Gasteiger partial charge in [-0.25, -0.2) is 4.98 Å². The maximum atomic E-state index is 13.9. The van der Waals surface area contributed by atoms with Crippen LogP contribution in [0.3, 0.4) is 0 Å². The van der Waals surface area contributed by atoms with Crippen molar-refractivity contribution in [1.82, 2.24) is 15.3 Å². The molecule has 2 bridgehead atoms. The van der Waals surface area contributed by atoms with Gasteiger partial charge in [-0.15, -0.1) is 0 Å². The second-order valence-electron chi connectivity index (χ2n) is 12.1. The number of nitrogens with two attached hydrogens (primary N) is 1. The number of fused-ring (bicyclic) bond motifs is 3. The summed E-state index contributed by atoms with van der Waals surface area (Å²) in [5.41, 5.74) is 8.42. The van der Waals surface area contributed by atoms with E-state index < -0.39 is 10.8 Å². The lowest BCUT2D eigenvalue weighted by Gasteiger charge is -2.50. The van der Waals surface area contributed by atoms with Gasteiger partial charge in [0.05, 0.1) is 16.5 Å². The smallest absolute Gasteiger partial charge is 0.230 e. The van der Waals surface area contributed by atoms with Crippen LogP contribution in [0, 0.1) is 23.2 Å². The molecule has 0 spiro atoms. The molecular formula is C30H36ClN5O2. The van der Waals surface area contributed by atoms with E-state index >= 15 is 0 Å². The topological polar surface area (TPSA) is 113 Å². The third-order valence-electron chi connectivity index (χ3n) is 9.32. The van der Waals surface area contributed by atoms with E-state index in [1.165, 1.54) is 0 Å². The Kier molecular flexibility index (Phi) is 6.47. The van der Waals surface area contributed by atoms with Crippen LogP contribution in [-0.2, 0) is 15.0 Å². The van der Waals surface area contributed by atoms with Gasteiger partial charge in [0.1, 0.15) is 5.65 Å². The number of aromatic amines is 1. The molecule has 8 heteroatoms. The fraction of sp³-hybridized carbons (Fsp3) is 0.500. The molecule has 0 saturated heterocycles. The van der Waals surface area contributed by atoms with Gasteiger partial charge in [0.2, 0.25) is 11.8 Å². The molecule has 0 aliphatic heterocycles. The first-order valence-corrected chi connectivity index (χ1v) is 14.2. The molecule has 2 amide bonds. The van der Waals surface area contributed by atoms with Crippen molar-refractivity contribution >= 4 is 40.1 Å². The van der Waals surface area contributed by atoms with Crippen LogP contribution >= 0.6 is 11.6 Å². The summed E-state index contributed by atoms with van der Waals surface area (Å²) in [6.07, 6.45) is 9.89. The second-order valence-corrected chi connectivity index (χ2v) is 12.5. The van der Waals surface area contributed by atoms with E-state index in [4.69, 9.17) is 17.3 Å². The number of carbonyl (C=O) groups is 2. The lowest BCUT2D eigenvalue weighted by atomic mass is 9.55. The maximum Gasteiger partial charge on any atom is 0.230 e. The molecule has 2 heterocycles. The number of nitrogens with zero attached hydrogens (tertiary/aromatic N) is 1. The number of amides is 2. The quantitative estimate of drug-likeness (QED) is 0.336. The van der Waals surface area contributed by atoms with Crippen LogP contribution in [0.5, 0.6) is 0 Å². The average molecular weight is 534 g/mol. The zero-order chi connectivity index (χ0) is 26.5. The largest absolute Gasteiger partial charge is 0.354 e. The molecule has 3 aliphatic rings. The minimum absolute atomic E-state index is 0.0422. The lowest BCUT2D eigenvalue weighted by molar-refractivity contribution is -0.134. The molecule has 2 aromatic heterocycles. The number of H-pyrrole nitrogens is 1. The van der Waals surface area contributed by atoms with E-state index in [1.807, 2.05) is 42.6 Å². The number of halogens is 1. The summed E-state index contributed by atoms with van der Waals surface area (Å²) in [7, 11) is 0. The fourth-order valence-electron chi connectivity index (χ4n) is 7.41. The highest BCUT2D eigenvalue weighted by molar-refractivity contribution is 6.30. The zero-order valence-corrected chi connectivity index (χ0v) is 22.6. The van der Waals surface area contributed by atoms with Gasteiger partial charge < -0.3 is 21.4 Å². The van der Waals surface area contributed by atoms with Gasteiger partial charge in [0.25, 0.3) is 0 Å². The Morgan fingerprint density at radius 1 is 1.11 bits per heavy atom. The summed E-state index contributed by atoms with van der Waals surface area (Å²) < 4.78 is 0. The molecular weight excluding hydrogens is 498 g/mol. The van der Waals surface area contributed by atoms with Crippen LogP contribution in [0.4, 0.5) is 5.69 Å². The summed E-state index contributed by atoms with van der Waals surface area (Å²) in [5, 5.41) is 8.00. The Labute approximate surface area is 228 Å². The first-order valence-electron chi connectivity index (χ1n) is 13.8. The molecule has 200 valence electrons. The molecule has 5 N–H and O–H groups in total. The van der Waals surface area contributed by atoms with Crippen molar-refractivity contribution in [2.75, 3.05) is 11.9 Å². The predicted octanol–water partition coefficient (Wildman–Crippen LogP) is 5.16. The van der Waals surface area contributed by atoms with Gasteiger partial charge in [-0.05, 0) is 92.5 Å². The average Bonchev–Trinajstić information content (AvgIpc) is 3.56. The highest BCUT2D eigenvalue weighted by Gasteiger charge is 2.53. The normalized spacial score (nSPS) is 28.4. The Morgan fingerprint density at radius 2 is 1.89 bits per heavy atom. The predicted molar refractivity (Wildman–Crippen MR) is 150 cm³/mol. The molecule has 5 unspecified atom stereocenters. The standard InChI is InChI=1S/C30H36ClN5O2/c1-18-12-19-13-20(24(32)17-35-28(38)30(8-9-30)21-2-4-22(31)5-3-21)16-29(14-18,15-19)27(37)36-25-7-11-34-26-23(25)6-10-33-26/h2-7,10-11,18-20,24H,8-9,12-17,32H2,1H3,(H,35,38)(H2,33,34,36,37). The van der Waals surface area contributed by atoms with E-state index in [-0.39, 0.29) is 23.8 Å². The Morgan fingerprint density at radius 3 is 2.66 bits per heavy atom. The van der Waals surface area contributed by atoms with E-state index in [2.05, 4.69) is 27.5 Å². The zero-order valence-electron chi connectivity index (χ0n) is 21.8.